The molecule has 6 rings (SSSR count). The third-order valence-electron chi connectivity index (χ3n) is 6.75. The maximum absolute atomic E-state index is 9.83. The maximum atomic E-state index is 9.83. The van der Waals surface area contributed by atoms with Crippen molar-refractivity contribution in [1.29, 1.82) is 5.26 Å². The molecule has 5 heterocycles. The Morgan fingerprint density at radius 2 is 2.15 bits per heavy atom. The lowest BCUT2D eigenvalue weighted by Crippen LogP contribution is -2.26. The highest BCUT2D eigenvalue weighted by molar-refractivity contribution is 6.02. The molecule has 1 aromatic carbocycles. The Labute approximate surface area is 195 Å². The van der Waals surface area contributed by atoms with Crippen molar-refractivity contribution in [2.45, 2.75) is 50.9 Å². The lowest BCUT2D eigenvalue weighted by molar-refractivity contribution is 0.00630. The fraction of sp³-hybridized carbons (Fsp3) is 0.458. The maximum Gasteiger partial charge on any atom is 0.324 e. The number of hydrogen-bond acceptors (Lipinski definition) is 9. The fourth-order valence-electron chi connectivity index (χ4n) is 5.12. The van der Waals surface area contributed by atoms with E-state index < -0.39 is 0 Å². The summed E-state index contributed by atoms with van der Waals surface area (Å²) >= 11 is 0. The summed E-state index contributed by atoms with van der Waals surface area (Å²) in [4.78, 5) is 16.0. The standard InChI is InChI=1S/C24H25N7O3/c1-14-8-16(5-7-33-14)31-22(10-21-28-24(34-29-21)30-6-4-17(32)13-30)27-20-12-26-19-3-2-15(11-25)9-18(19)23(20)31/h2-3,9,12,14,16-17,32H,4-8,10,13H2,1H3/t14-,16?,17-/m1/s1. The number of nitrogens with zero attached hydrogens (tertiary/aromatic N) is 7. The lowest BCUT2D eigenvalue weighted by Gasteiger charge is -2.30. The van der Waals surface area contributed by atoms with Gasteiger partial charge in [-0.05, 0) is 44.4 Å². The van der Waals surface area contributed by atoms with Gasteiger partial charge in [-0.1, -0.05) is 5.16 Å². The van der Waals surface area contributed by atoms with Crippen LogP contribution in [0.15, 0.2) is 28.9 Å². The molecule has 3 atom stereocenters. The predicted molar refractivity (Wildman–Crippen MR) is 123 cm³/mol. The van der Waals surface area contributed by atoms with Crippen molar-refractivity contribution in [2.75, 3.05) is 24.6 Å². The van der Waals surface area contributed by atoms with Crippen molar-refractivity contribution in [3.63, 3.8) is 0 Å². The minimum absolute atomic E-state index is 0.144. The zero-order valence-corrected chi connectivity index (χ0v) is 18.9. The molecule has 2 aliphatic heterocycles. The van der Waals surface area contributed by atoms with Gasteiger partial charge in [0.2, 0.25) is 0 Å². The third kappa shape index (κ3) is 3.67. The number of ether oxygens (including phenoxy) is 1. The Hall–Kier alpha value is -3.55. The summed E-state index contributed by atoms with van der Waals surface area (Å²) in [6, 6.07) is 8.42. The van der Waals surface area contributed by atoms with Crippen molar-refractivity contribution in [1.82, 2.24) is 24.7 Å². The minimum atomic E-state index is -0.367. The van der Waals surface area contributed by atoms with Crippen LogP contribution in [0.1, 0.15) is 49.4 Å². The Morgan fingerprint density at radius 3 is 2.94 bits per heavy atom. The smallest absolute Gasteiger partial charge is 0.324 e. The summed E-state index contributed by atoms with van der Waals surface area (Å²) < 4.78 is 13.6. The number of aliphatic hydroxyl groups is 1. The van der Waals surface area contributed by atoms with Crippen molar-refractivity contribution < 1.29 is 14.4 Å². The van der Waals surface area contributed by atoms with E-state index in [4.69, 9.17) is 14.2 Å². The molecular weight excluding hydrogens is 434 g/mol. The second-order valence-corrected chi connectivity index (χ2v) is 9.15. The second kappa shape index (κ2) is 8.34. The van der Waals surface area contributed by atoms with E-state index in [1.165, 1.54) is 0 Å². The number of rotatable bonds is 4. The Morgan fingerprint density at radius 1 is 1.24 bits per heavy atom. The quantitative estimate of drug-likeness (QED) is 0.490. The number of hydrogen-bond donors (Lipinski definition) is 1. The van der Waals surface area contributed by atoms with Gasteiger partial charge < -0.3 is 23.8 Å². The first kappa shape index (κ1) is 21.0. The molecule has 1 unspecified atom stereocenters. The SMILES string of the molecule is C[C@@H]1CC(n2c(Cc3noc(N4CC[C@@H](O)C4)n3)nc3cnc4ccc(C#N)cc4c32)CCO1. The molecule has 0 aliphatic carbocycles. The molecule has 0 amide bonds. The Bertz CT molecular complexity index is 1410. The van der Waals surface area contributed by atoms with Crippen LogP contribution >= 0.6 is 0 Å². The van der Waals surface area contributed by atoms with E-state index in [0.717, 1.165) is 40.6 Å². The molecule has 0 spiro atoms. The molecule has 2 saturated heterocycles. The van der Waals surface area contributed by atoms with Crippen LogP contribution in [0.4, 0.5) is 6.01 Å². The van der Waals surface area contributed by atoms with Gasteiger partial charge in [0.15, 0.2) is 5.82 Å². The number of pyridine rings is 1. The summed E-state index contributed by atoms with van der Waals surface area (Å²) in [6.45, 7) is 3.97. The van der Waals surface area contributed by atoms with Gasteiger partial charge >= 0.3 is 6.01 Å². The van der Waals surface area contributed by atoms with E-state index in [-0.39, 0.29) is 18.2 Å². The highest BCUT2D eigenvalue weighted by Gasteiger charge is 2.28. The molecule has 1 N–H and O–H groups in total. The van der Waals surface area contributed by atoms with E-state index in [1.807, 2.05) is 17.0 Å². The van der Waals surface area contributed by atoms with Gasteiger partial charge in [0.1, 0.15) is 11.3 Å². The van der Waals surface area contributed by atoms with Crippen molar-refractivity contribution in [3.8, 4) is 6.07 Å². The van der Waals surface area contributed by atoms with Crippen molar-refractivity contribution in [3.05, 3.63) is 41.6 Å². The predicted octanol–water partition coefficient (Wildman–Crippen LogP) is 2.74. The molecule has 0 radical (unpaired) electrons. The number of imidazole rings is 1. The topological polar surface area (TPSA) is 126 Å². The number of aromatic nitrogens is 5. The number of fused-ring (bicyclic) bond motifs is 3. The van der Waals surface area contributed by atoms with Crippen molar-refractivity contribution in [2.24, 2.45) is 0 Å². The van der Waals surface area contributed by atoms with E-state index in [9.17, 15) is 10.4 Å². The highest BCUT2D eigenvalue weighted by atomic mass is 16.5. The summed E-state index contributed by atoms with van der Waals surface area (Å²) in [5.41, 5.74) is 3.17. The fourth-order valence-corrected chi connectivity index (χ4v) is 5.12. The normalized spacial score (nSPS) is 23.1. The largest absolute Gasteiger partial charge is 0.391 e. The molecular formula is C24H25N7O3. The molecule has 0 saturated carbocycles. The molecule has 4 aromatic rings. The van der Waals surface area contributed by atoms with Gasteiger partial charge in [0, 0.05) is 31.1 Å². The summed E-state index contributed by atoms with van der Waals surface area (Å²) in [6.07, 6.45) is 4.40. The van der Waals surface area contributed by atoms with Crippen LogP contribution in [0, 0.1) is 11.3 Å². The van der Waals surface area contributed by atoms with Crippen LogP contribution in [-0.2, 0) is 11.2 Å². The number of benzene rings is 1. The number of anilines is 1. The summed E-state index contributed by atoms with van der Waals surface area (Å²) in [7, 11) is 0. The first-order valence-corrected chi connectivity index (χ1v) is 11.7. The van der Waals surface area contributed by atoms with Crippen LogP contribution < -0.4 is 4.90 Å². The molecule has 3 aromatic heterocycles. The molecule has 10 heteroatoms. The van der Waals surface area contributed by atoms with Gasteiger partial charge in [-0.25, -0.2) is 4.98 Å². The average Bonchev–Trinajstić information content (AvgIpc) is 3.57. The van der Waals surface area contributed by atoms with Gasteiger partial charge in [-0.15, -0.1) is 0 Å². The van der Waals surface area contributed by atoms with E-state index >= 15 is 0 Å². The average molecular weight is 460 g/mol. The summed E-state index contributed by atoms with van der Waals surface area (Å²) in [5.74, 6) is 1.38. The van der Waals surface area contributed by atoms with E-state index in [2.05, 4.69) is 32.7 Å². The monoisotopic (exact) mass is 459 g/mol. The van der Waals surface area contributed by atoms with Gasteiger partial charge in [-0.2, -0.15) is 10.2 Å². The number of nitriles is 1. The van der Waals surface area contributed by atoms with E-state index in [1.54, 1.807) is 12.3 Å². The highest BCUT2D eigenvalue weighted by Crippen LogP contribution is 2.34. The first-order valence-electron chi connectivity index (χ1n) is 11.7. The molecule has 2 fully saturated rings. The van der Waals surface area contributed by atoms with E-state index in [0.29, 0.717) is 49.9 Å². The molecule has 34 heavy (non-hydrogen) atoms. The van der Waals surface area contributed by atoms with Crippen LogP contribution in [0.5, 0.6) is 0 Å². The molecule has 174 valence electrons. The Kier molecular flexibility index (Phi) is 5.16. The van der Waals surface area contributed by atoms with Crippen LogP contribution in [-0.4, -0.2) is 61.7 Å². The van der Waals surface area contributed by atoms with Gasteiger partial charge in [0.25, 0.3) is 0 Å². The van der Waals surface area contributed by atoms with Crippen LogP contribution in [0.3, 0.4) is 0 Å². The zero-order chi connectivity index (χ0) is 23.2. The van der Waals surface area contributed by atoms with Crippen molar-refractivity contribution >= 4 is 28.0 Å². The second-order valence-electron chi connectivity index (χ2n) is 9.15. The number of aliphatic hydroxyl groups excluding tert-OH is 1. The molecule has 10 nitrogen and oxygen atoms in total. The molecule has 0 bridgehead atoms. The first-order chi connectivity index (χ1) is 16.6. The third-order valence-corrected chi connectivity index (χ3v) is 6.75. The molecule has 2 aliphatic rings. The lowest BCUT2D eigenvalue weighted by atomic mass is 10.0. The van der Waals surface area contributed by atoms with Gasteiger partial charge in [-0.3, -0.25) is 4.98 Å². The summed E-state index contributed by atoms with van der Waals surface area (Å²) in [5, 5.41) is 24.4. The Balaban J connectivity index is 1.46. The minimum Gasteiger partial charge on any atom is -0.391 e. The van der Waals surface area contributed by atoms with Crippen LogP contribution in [0.25, 0.3) is 21.9 Å². The number of β-amino-alcohol motifs (C(OH)–C–C–N with tert-alkyl or cyclic N) is 1. The zero-order valence-electron chi connectivity index (χ0n) is 18.9. The van der Waals surface area contributed by atoms with Gasteiger partial charge in [0.05, 0.1) is 47.5 Å². The van der Waals surface area contributed by atoms with Crippen LogP contribution in [0.2, 0.25) is 0 Å².